The lowest BCUT2D eigenvalue weighted by molar-refractivity contribution is 0.622. The standard InChI is InChI=1S/C49H30N2O3/c1-3-11-31(12-4-1)37-15-7-8-16-38(37)32-19-21-34(22-20-32)51(35-24-27-44-41(29-35)39-17-9-10-18-43(39)52-44)36-23-25-40-46(30-36)53-45-28-26-42-48(47(40)45)54-49(50-42)33-13-5-2-6-14-33/h1-30H. The number of rotatable bonds is 6. The Hall–Kier alpha value is -7.37. The fourth-order valence-corrected chi connectivity index (χ4v) is 7.77. The first-order valence-corrected chi connectivity index (χ1v) is 18.0. The first-order chi connectivity index (χ1) is 26.7. The van der Waals surface area contributed by atoms with Crippen molar-refractivity contribution in [1.29, 1.82) is 0 Å². The van der Waals surface area contributed by atoms with Gasteiger partial charge in [-0.25, -0.2) is 4.98 Å². The number of anilines is 3. The molecule has 11 aromatic rings. The summed E-state index contributed by atoms with van der Waals surface area (Å²) < 4.78 is 19.2. The highest BCUT2D eigenvalue weighted by Gasteiger charge is 2.20. The van der Waals surface area contributed by atoms with Crippen LogP contribution in [-0.2, 0) is 0 Å². The van der Waals surface area contributed by atoms with Crippen molar-refractivity contribution in [3.63, 3.8) is 0 Å². The van der Waals surface area contributed by atoms with E-state index in [2.05, 4.69) is 132 Å². The Bertz CT molecular complexity index is 3160. The van der Waals surface area contributed by atoms with Crippen LogP contribution in [-0.4, -0.2) is 4.98 Å². The van der Waals surface area contributed by atoms with Crippen LogP contribution < -0.4 is 4.90 Å². The average Bonchev–Trinajstić information content (AvgIpc) is 3.95. The van der Waals surface area contributed by atoms with Crippen LogP contribution in [0.4, 0.5) is 17.1 Å². The third kappa shape index (κ3) is 4.90. The molecule has 0 spiro atoms. The normalized spacial score (nSPS) is 11.7. The quantitative estimate of drug-likeness (QED) is 0.173. The molecule has 5 heteroatoms. The first kappa shape index (κ1) is 30.3. The van der Waals surface area contributed by atoms with Crippen LogP contribution in [0.15, 0.2) is 195 Å². The van der Waals surface area contributed by atoms with Crippen molar-refractivity contribution in [2.24, 2.45) is 0 Å². The summed E-state index contributed by atoms with van der Waals surface area (Å²) in [5.74, 6) is 0.590. The Morgan fingerprint density at radius 2 is 0.963 bits per heavy atom. The van der Waals surface area contributed by atoms with Gasteiger partial charge >= 0.3 is 0 Å². The van der Waals surface area contributed by atoms with Gasteiger partial charge in [0, 0.05) is 44.9 Å². The molecule has 0 saturated heterocycles. The zero-order valence-electron chi connectivity index (χ0n) is 28.9. The summed E-state index contributed by atoms with van der Waals surface area (Å²) in [7, 11) is 0. The third-order valence-electron chi connectivity index (χ3n) is 10.3. The third-order valence-corrected chi connectivity index (χ3v) is 10.3. The largest absolute Gasteiger partial charge is 0.456 e. The number of oxazole rings is 1. The van der Waals surface area contributed by atoms with Crippen molar-refractivity contribution >= 4 is 72.0 Å². The molecule has 8 aromatic carbocycles. The summed E-state index contributed by atoms with van der Waals surface area (Å²) in [5, 5.41) is 4.04. The molecule has 3 heterocycles. The first-order valence-electron chi connectivity index (χ1n) is 18.0. The summed E-state index contributed by atoms with van der Waals surface area (Å²) in [6.45, 7) is 0. The molecule has 0 fully saturated rings. The number of fused-ring (bicyclic) bond motifs is 8. The van der Waals surface area contributed by atoms with E-state index < -0.39 is 0 Å². The molecule has 0 atom stereocenters. The van der Waals surface area contributed by atoms with E-state index in [1.54, 1.807) is 0 Å². The molecule has 0 aliphatic heterocycles. The topological polar surface area (TPSA) is 55.6 Å². The lowest BCUT2D eigenvalue weighted by Gasteiger charge is -2.26. The van der Waals surface area contributed by atoms with Crippen molar-refractivity contribution in [3.8, 4) is 33.7 Å². The van der Waals surface area contributed by atoms with Crippen molar-refractivity contribution in [2.75, 3.05) is 4.90 Å². The Morgan fingerprint density at radius 3 is 1.76 bits per heavy atom. The van der Waals surface area contributed by atoms with Gasteiger partial charge < -0.3 is 18.2 Å². The molecule has 0 amide bonds. The summed E-state index contributed by atoms with van der Waals surface area (Å²) in [5.41, 5.74) is 13.4. The van der Waals surface area contributed by atoms with E-state index in [4.69, 9.17) is 18.2 Å². The van der Waals surface area contributed by atoms with Gasteiger partial charge in [-0.2, -0.15) is 0 Å². The van der Waals surface area contributed by atoms with Gasteiger partial charge in [0.05, 0.1) is 5.39 Å². The van der Waals surface area contributed by atoms with Crippen molar-refractivity contribution in [2.45, 2.75) is 0 Å². The second-order valence-electron chi connectivity index (χ2n) is 13.5. The smallest absolute Gasteiger partial charge is 0.227 e. The van der Waals surface area contributed by atoms with Gasteiger partial charge in [0.25, 0.3) is 0 Å². The van der Waals surface area contributed by atoms with Crippen LogP contribution in [0.5, 0.6) is 0 Å². The maximum atomic E-state index is 6.56. The SMILES string of the molecule is c1ccc(-c2nc3ccc4oc5cc(N(c6ccc(-c7ccccc7-c7ccccc7)cc6)c6ccc7oc8ccccc8c7c6)ccc5c4c3o2)cc1. The summed E-state index contributed by atoms with van der Waals surface area (Å²) in [6.07, 6.45) is 0. The molecule has 0 aliphatic rings. The zero-order chi connectivity index (χ0) is 35.6. The zero-order valence-corrected chi connectivity index (χ0v) is 28.9. The van der Waals surface area contributed by atoms with Crippen molar-refractivity contribution in [1.82, 2.24) is 4.98 Å². The van der Waals surface area contributed by atoms with Crippen molar-refractivity contribution in [3.05, 3.63) is 182 Å². The molecule has 5 nitrogen and oxygen atoms in total. The van der Waals surface area contributed by atoms with E-state index in [9.17, 15) is 0 Å². The van der Waals surface area contributed by atoms with E-state index in [1.807, 2.05) is 54.6 Å². The molecular weight excluding hydrogens is 665 g/mol. The average molecular weight is 695 g/mol. The monoisotopic (exact) mass is 694 g/mol. The second-order valence-corrected chi connectivity index (χ2v) is 13.5. The Labute approximate surface area is 309 Å². The Balaban J connectivity index is 1.06. The summed E-state index contributed by atoms with van der Waals surface area (Å²) >= 11 is 0. The highest BCUT2D eigenvalue weighted by molar-refractivity contribution is 6.17. The number of furan rings is 2. The number of nitrogens with zero attached hydrogens (tertiary/aromatic N) is 2. The van der Waals surface area contributed by atoms with Crippen molar-refractivity contribution < 1.29 is 13.3 Å². The molecule has 54 heavy (non-hydrogen) atoms. The van der Waals surface area contributed by atoms with Crippen LogP contribution in [0, 0.1) is 0 Å². The van der Waals surface area contributed by atoms with E-state index in [0.717, 1.165) is 83.2 Å². The maximum absolute atomic E-state index is 6.56. The Kier molecular flexibility index (Phi) is 6.79. The maximum Gasteiger partial charge on any atom is 0.227 e. The minimum absolute atomic E-state index is 0.590. The molecule has 0 radical (unpaired) electrons. The fourth-order valence-electron chi connectivity index (χ4n) is 7.77. The molecule has 254 valence electrons. The number of aromatic nitrogens is 1. The fraction of sp³-hybridized carbons (Fsp3) is 0. The second kappa shape index (κ2) is 12.1. The summed E-state index contributed by atoms with van der Waals surface area (Å²) in [4.78, 5) is 7.09. The van der Waals surface area contributed by atoms with E-state index in [1.165, 1.54) is 16.7 Å². The van der Waals surface area contributed by atoms with Gasteiger partial charge in [-0.1, -0.05) is 103 Å². The molecule has 3 aromatic heterocycles. The number of benzene rings is 8. The lowest BCUT2D eigenvalue weighted by Crippen LogP contribution is -2.09. The molecule has 0 unspecified atom stereocenters. The molecule has 0 aliphatic carbocycles. The van der Waals surface area contributed by atoms with Crippen LogP contribution >= 0.6 is 0 Å². The molecule has 0 saturated carbocycles. The van der Waals surface area contributed by atoms with Gasteiger partial charge in [-0.3, -0.25) is 0 Å². The predicted octanol–water partition coefficient (Wildman–Crippen LogP) is 14.1. The van der Waals surface area contributed by atoms with Gasteiger partial charge in [-0.05, 0) is 95.1 Å². The molecular formula is C49H30N2O3. The van der Waals surface area contributed by atoms with Gasteiger partial charge in [-0.15, -0.1) is 0 Å². The number of hydrogen-bond donors (Lipinski definition) is 0. The van der Waals surface area contributed by atoms with Crippen LogP contribution in [0.1, 0.15) is 0 Å². The molecule has 0 bridgehead atoms. The van der Waals surface area contributed by atoms with Gasteiger partial charge in [0.1, 0.15) is 27.8 Å². The minimum atomic E-state index is 0.590. The Morgan fingerprint density at radius 1 is 0.370 bits per heavy atom. The predicted molar refractivity (Wildman–Crippen MR) is 220 cm³/mol. The number of para-hydroxylation sites is 1. The van der Waals surface area contributed by atoms with Crippen LogP contribution in [0.2, 0.25) is 0 Å². The molecule has 0 N–H and O–H groups in total. The summed E-state index contributed by atoms with van der Waals surface area (Å²) in [6, 6.07) is 62.9. The lowest BCUT2D eigenvalue weighted by atomic mass is 9.94. The number of hydrogen-bond acceptors (Lipinski definition) is 5. The van der Waals surface area contributed by atoms with Gasteiger partial charge in [0.15, 0.2) is 5.58 Å². The minimum Gasteiger partial charge on any atom is -0.456 e. The molecule has 11 rings (SSSR count). The van der Waals surface area contributed by atoms with Crippen LogP contribution in [0.3, 0.4) is 0 Å². The van der Waals surface area contributed by atoms with E-state index >= 15 is 0 Å². The van der Waals surface area contributed by atoms with Gasteiger partial charge in [0.2, 0.25) is 5.89 Å². The highest BCUT2D eigenvalue weighted by atomic mass is 16.4. The highest BCUT2D eigenvalue weighted by Crippen LogP contribution is 2.43. The van der Waals surface area contributed by atoms with E-state index in [-0.39, 0.29) is 0 Å². The van der Waals surface area contributed by atoms with Crippen LogP contribution in [0.25, 0.3) is 88.7 Å². The van der Waals surface area contributed by atoms with E-state index in [0.29, 0.717) is 5.89 Å².